The number of aryl methyl sites for hydroxylation is 2. The molecule has 108 valence electrons. The predicted octanol–water partition coefficient (Wildman–Crippen LogP) is 3.26. The third-order valence-electron chi connectivity index (χ3n) is 3.17. The molecule has 19 heavy (non-hydrogen) atoms. The van der Waals surface area contributed by atoms with Gasteiger partial charge in [-0.2, -0.15) is 5.10 Å². The Morgan fingerprint density at radius 1 is 1.37 bits per heavy atom. The van der Waals surface area contributed by atoms with Crippen LogP contribution in [0.15, 0.2) is 0 Å². The molecule has 0 saturated heterocycles. The van der Waals surface area contributed by atoms with Crippen molar-refractivity contribution in [3.63, 3.8) is 0 Å². The van der Waals surface area contributed by atoms with Gasteiger partial charge in [-0.1, -0.05) is 26.7 Å². The van der Waals surface area contributed by atoms with Crippen molar-refractivity contribution in [3.05, 3.63) is 15.8 Å². The number of hydrogen-bond donors (Lipinski definition) is 1. The zero-order valence-corrected chi connectivity index (χ0v) is 12.4. The molecule has 1 aromatic heterocycles. The fraction of sp³-hybridized carbons (Fsp3) is 0.769. The fourth-order valence-electron chi connectivity index (χ4n) is 2.17. The highest BCUT2D eigenvalue weighted by atomic mass is 16.6. The molecular weight excluding hydrogens is 244 g/mol. The van der Waals surface area contributed by atoms with Gasteiger partial charge in [-0.15, -0.1) is 0 Å². The molecule has 0 saturated carbocycles. The van der Waals surface area contributed by atoms with E-state index < -0.39 is 0 Å². The summed E-state index contributed by atoms with van der Waals surface area (Å²) in [6.45, 7) is 8.11. The quantitative estimate of drug-likeness (QED) is 0.608. The topological polar surface area (TPSA) is 73.0 Å². The van der Waals surface area contributed by atoms with Gasteiger partial charge in [-0.3, -0.25) is 10.1 Å². The summed E-state index contributed by atoms with van der Waals surface area (Å²) in [5.74, 6) is 1.19. The maximum absolute atomic E-state index is 11.1. The first-order valence-electron chi connectivity index (χ1n) is 6.77. The summed E-state index contributed by atoms with van der Waals surface area (Å²) in [5.41, 5.74) is 0.530. The Balaban J connectivity index is 2.68. The molecule has 0 aliphatic heterocycles. The molecule has 0 aliphatic rings. The van der Waals surface area contributed by atoms with Gasteiger partial charge in [-0.05, 0) is 26.2 Å². The monoisotopic (exact) mass is 268 g/mol. The van der Waals surface area contributed by atoms with E-state index in [1.807, 2.05) is 6.92 Å². The van der Waals surface area contributed by atoms with Gasteiger partial charge in [0.25, 0.3) is 0 Å². The number of hydrogen-bond acceptors (Lipinski definition) is 4. The summed E-state index contributed by atoms with van der Waals surface area (Å²) in [4.78, 5) is 10.7. The van der Waals surface area contributed by atoms with Gasteiger partial charge in [0.05, 0.1) is 4.92 Å². The second-order valence-corrected chi connectivity index (χ2v) is 5.53. The Kier molecular flexibility index (Phi) is 5.32. The summed E-state index contributed by atoms with van der Waals surface area (Å²) in [6, 6.07) is 0.201. The Morgan fingerprint density at radius 2 is 2.00 bits per heavy atom. The molecule has 1 atom stereocenters. The number of nitro groups is 1. The smallest absolute Gasteiger partial charge is 0.333 e. The molecule has 0 amide bonds. The number of nitrogens with zero attached hydrogens (tertiary/aromatic N) is 3. The molecule has 0 aliphatic carbocycles. The molecule has 6 heteroatoms. The van der Waals surface area contributed by atoms with Crippen molar-refractivity contribution < 1.29 is 4.92 Å². The molecule has 1 heterocycles. The predicted molar refractivity (Wildman–Crippen MR) is 76.4 cm³/mol. The summed E-state index contributed by atoms with van der Waals surface area (Å²) in [6.07, 6.45) is 3.30. The Bertz CT molecular complexity index is 440. The highest BCUT2D eigenvalue weighted by Crippen LogP contribution is 2.28. The van der Waals surface area contributed by atoms with Crippen LogP contribution in [0.2, 0.25) is 0 Å². The van der Waals surface area contributed by atoms with E-state index in [0.717, 1.165) is 12.8 Å². The van der Waals surface area contributed by atoms with Gasteiger partial charge in [0, 0.05) is 13.1 Å². The zero-order valence-electron chi connectivity index (χ0n) is 12.4. The van der Waals surface area contributed by atoms with Gasteiger partial charge >= 0.3 is 5.69 Å². The minimum atomic E-state index is -0.370. The van der Waals surface area contributed by atoms with E-state index in [-0.39, 0.29) is 16.7 Å². The van der Waals surface area contributed by atoms with Crippen LogP contribution in [0.3, 0.4) is 0 Å². The van der Waals surface area contributed by atoms with Crippen LogP contribution in [0, 0.1) is 23.0 Å². The third-order valence-corrected chi connectivity index (χ3v) is 3.17. The highest BCUT2D eigenvalue weighted by Gasteiger charge is 2.24. The van der Waals surface area contributed by atoms with E-state index in [1.54, 1.807) is 18.7 Å². The third kappa shape index (κ3) is 4.22. The molecule has 1 rings (SSSR count). The molecule has 0 bridgehead atoms. The van der Waals surface area contributed by atoms with Gasteiger partial charge < -0.3 is 5.32 Å². The van der Waals surface area contributed by atoms with Crippen LogP contribution in [-0.4, -0.2) is 20.7 Å². The van der Waals surface area contributed by atoms with E-state index in [2.05, 4.69) is 24.3 Å². The van der Waals surface area contributed by atoms with Crippen molar-refractivity contribution in [1.82, 2.24) is 9.78 Å². The largest absolute Gasteiger partial charge is 0.362 e. The molecule has 1 unspecified atom stereocenters. The number of rotatable bonds is 7. The van der Waals surface area contributed by atoms with E-state index >= 15 is 0 Å². The van der Waals surface area contributed by atoms with Crippen LogP contribution in [0.1, 0.15) is 45.7 Å². The maximum Gasteiger partial charge on any atom is 0.333 e. The molecule has 6 nitrogen and oxygen atoms in total. The van der Waals surface area contributed by atoms with Crippen molar-refractivity contribution in [2.24, 2.45) is 13.0 Å². The van der Waals surface area contributed by atoms with Crippen LogP contribution >= 0.6 is 0 Å². The lowest BCUT2D eigenvalue weighted by Gasteiger charge is -2.15. The van der Waals surface area contributed by atoms with E-state index in [4.69, 9.17) is 0 Å². The summed E-state index contributed by atoms with van der Waals surface area (Å²) in [5, 5.41) is 18.4. The molecule has 0 spiro atoms. The van der Waals surface area contributed by atoms with Crippen LogP contribution < -0.4 is 5.32 Å². The maximum atomic E-state index is 11.1. The number of anilines is 1. The van der Waals surface area contributed by atoms with Crippen LogP contribution in [-0.2, 0) is 7.05 Å². The second-order valence-electron chi connectivity index (χ2n) is 5.53. The molecular formula is C13H24N4O2. The standard InChI is InChI=1S/C13H24N4O2/c1-9(2)7-6-8-10(3)14-13-12(17(18)19)11(4)15-16(13)5/h9-10,14H,6-8H2,1-5H3. The Hall–Kier alpha value is -1.59. The van der Waals surface area contributed by atoms with E-state index in [9.17, 15) is 10.1 Å². The van der Waals surface area contributed by atoms with Crippen molar-refractivity contribution in [2.75, 3.05) is 5.32 Å². The lowest BCUT2D eigenvalue weighted by Crippen LogP contribution is -2.18. The SMILES string of the molecule is Cc1nn(C)c(NC(C)CCCC(C)C)c1[N+](=O)[O-]. The Labute approximate surface area is 114 Å². The summed E-state index contributed by atoms with van der Waals surface area (Å²) < 4.78 is 1.55. The Morgan fingerprint density at radius 3 is 2.53 bits per heavy atom. The first kappa shape index (κ1) is 15.5. The lowest BCUT2D eigenvalue weighted by molar-refractivity contribution is -0.384. The fourth-order valence-corrected chi connectivity index (χ4v) is 2.17. The van der Waals surface area contributed by atoms with Gasteiger partial charge in [0.2, 0.25) is 5.82 Å². The van der Waals surface area contributed by atoms with Crippen molar-refractivity contribution in [1.29, 1.82) is 0 Å². The minimum absolute atomic E-state index is 0.0817. The molecule has 0 fully saturated rings. The zero-order chi connectivity index (χ0) is 14.6. The summed E-state index contributed by atoms with van der Waals surface area (Å²) in [7, 11) is 1.73. The average molecular weight is 268 g/mol. The first-order chi connectivity index (χ1) is 8.82. The average Bonchev–Trinajstić information content (AvgIpc) is 2.53. The van der Waals surface area contributed by atoms with Crippen LogP contribution in [0.5, 0.6) is 0 Å². The highest BCUT2D eigenvalue weighted by molar-refractivity contribution is 5.59. The van der Waals surface area contributed by atoms with Crippen molar-refractivity contribution >= 4 is 11.5 Å². The molecule has 1 aromatic rings. The summed E-state index contributed by atoms with van der Waals surface area (Å²) >= 11 is 0. The van der Waals surface area contributed by atoms with Crippen molar-refractivity contribution in [2.45, 2.75) is 53.0 Å². The van der Waals surface area contributed by atoms with Gasteiger partial charge in [-0.25, -0.2) is 4.68 Å². The van der Waals surface area contributed by atoms with Crippen LogP contribution in [0.25, 0.3) is 0 Å². The van der Waals surface area contributed by atoms with E-state index in [1.165, 1.54) is 6.42 Å². The van der Waals surface area contributed by atoms with Crippen molar-refractivity contribution in [3.8, 4) is 0 Å². The van der Waals surface area contributed by atoms with Gasteiger partial charge in [0.15, 0.2) is 0 Å². The molecule has 1 N–H and O–H groups in total. The van der Waals surface area contributed by atoms with Gasteiger partial charge in [0.1, 0.15) is 5.69 Å². The lowest BCUT2D eigenvalue weighted by atomic mass is 10.0. The molecule has 0 aromatic carbocycles. The number of nitrogens with one attached hydrogen (secondary N) is 1. The molecule has 0 radical (unpaired) electrons. The first-order valence-corrected chi connectivity index (χ1v) is 6.77. The second kappa shape index (κ2) is 6.54. The number of aromatic nitrogens is 2. The minimum Gasteiger partial charge on any atom is -0.362 e. The van der Waals surface area contributed by atoms with Crippen LogP contribution in [0.4, 0.5) is 11.5 Å². The normalized spacial score (nSPS) is 12.7. The van der Waals surface area contributed by atoms with E-state index in [0.29, 0.717) is 17.4 Å².